The number of nitrogens with one attached hydrogen (secondary N) is 2. The van der Waals surface area contributed by atoms with Crippen LogP contribution in [0.2, 0.25) is 0 Å². The highest BCUT2D eigenvalue weighted by Crippen LogP contribution is 2.25. The van der Waals surface area contributed by atoms with E-state index in [4.69, 9.17) is 15.2 Å². The fraction of sp³-hybridized carbons (Fsp3) is 0.208. The van der Waals surface area contributed by atoms with Gasteiger partial charge in [0.15, 0.2) is 6.10 Å². The van der Waals surface area contributed by atoms with Crippen molar-refractivity contribution in [1.29, 1.82) is 0 Å². The molecule has 0 bridgehead atoms. The van der Waals surface area contributed by atoms with Crippen molar-refractivity contribution in [1.82, 2.24) is 10.3 Å². The van der Waals surface area contributed by atoms with Crippen molar-refractivity contribution in [3.63, 3.8) is 0 Å². The molecular formula is C24H24N4O5S. The summed E-state index contributed by atoms with van der Waals surface area (Å²) >= 11 is 1.54. The zero-order valence-corrected chi connectivity index (χ0v) is 19.5. The van der Waals surface area contributed by atoms with Crippen molar-refractivity contribution in [2.24, 2.45) is 5.73 Å². The molecule has 1 aromatic heterocycles. The Bertz CT molecular complexity index is 1210. The van der Waals surface area contributed by atoms with Crippen LogP contribution >= 0.6 is 11.3 Å². The summed E-state index contributed by atoms with van der Waals surface area (Å²) in [4.78, 5) is 39.6. The lowest BCUT2D eigenvalue weighted by atomic mass is 10.1. The van der Waals surface area contributed by atoms with E-state index in [9.17, 15) is 14.4 Å². The van der Waals surface area contributed by atoms with Crippen LogP contribution in [0.1, 0.15) is 29.8 Å². The molecule has 3 rings (SSSR count). The highest BCUT2D eigenvalue weighted by Gasteiger charge is 2.17. The van der Waals surface area contributed by atoms with E-state index in [1.165, 1.54) is 6.92 Å². The van der Waals surface area contributed by atoms with Gasteiger partial charge in [0.1, 0.15) is 22.4 Å². The number of rotatable bonds is 10. The molecule has 0 saturated carbocycles. The van der Waals surface area contributed by atoms with E-state index >= 15 is 0 Å². The first-order chi connectivity index (χ1) is 16.4. The summed E-state index contributed by atoms with van der Waals surface area (Å²) in [7, 11) is 0. The number of hydrogen-bond donors (Lipinski definition) is 3. The molecule has 2 aromatic carbocycles. The topological polar surface area (TPSA) is 133 Å². The maximum atomic E-state index is 13.0. The van der Waals surface area contributed by atoms with Gasteiger partial charge in [-0.15, -0.1) is 11.3 Å². The normalized spacial score (nSPS) is 11.1. The van der Waals surface area contributed by atoms with Crippen molar-refractivity contribution in [3.8, 4) is 16.3 Å². The maximum Gasteiger partial charge on any atom is 0.405 e. The van der Waals surface area contributed by atoms with Crippen LogP contribution in [0.5, 0.6) is 5.75 Å². The number of nitrogens with two attached hydrogens (primary N) is 1. The molecule has 0 saturated heterocycles. The van der Waals surface area contributed by atoms with Gasteiger partial charge >= 0.3 is 6.09 Å². The highest BCUT2D eigenvalue weighted by atomic mass is 32.1. The van der Waals surface area contributed by atoms with Crippen LogP contribution in [0.15, 0.2) is 59.7 Å². The van der Waals surface area contributed by atoms with Crippen LogP contribution in [0.25, 0.3) is 10.6 Å². The molecule has 1 heterocycles. The molecule has 0 spiro atoms. The van der Waals surface area contributed by atoms with Crippen LogP contribution in [-0.2, 0) is 16.1 Å². The highest BCUT2D eigenvalue weighted by molar-refractivity contribution is 7.13. The molecule has 0 radical (unpaired) electrons. The Kier molecular flexibility index (Phi) is 8.39. The second-order valence-electron chi connectivity index (χ2n) is 7.08. The molecule has 2 amide bonds. The average Bonchev–Trinajstić information content (AvgIpc) is 3.37. The molecular weight excluding hydrogens is 456 g/mol. The smallest absolute Gasteiger partial charge is 0.405 e. The zero-order valence-electron chi connectivity index (χ0n) is 18.7. The Hall–Kier alpha value is -4.14. The summed E-state index contributed by atoms with van der Waals surface area (Å²) in [6.45, 7) is 3.95. The molecule has 0 aliphatic rings. The lowest BCUT2D eigenvalue weighted by molar-refractivity contribution is 0.0947. The minimum Gasteiger partial charge on any atom is -0.493 e. The maximum absolute atomic E-state index is 13.0. The van der Waals surface area contributed by atoms with Gasteiger partial charge in [0.2, 0.25) is 0 Å². The third-order valence-corrected chi connectivity index (χ3v) is 5.49. The third-order valence-electron chi connectivity index (χ3n) is 4.67. The number of ether oxygens (including phenoxy) is 2. The summed E-state index contributed by atoms with van der Waals surface area (Å²) in [5.74, 6) is 1.73. The summed E-state index contributed by atoms with van der Waals surface area (Å²) in [6, 6.07) is 12.6. The van der Waals surface area contributed by atoms with E-state index in [0.29, 0.717) is 24.6 Å². The van der Waals surface area contributed by atoms with Gasteiger partial charge in [-0.05, 0) is 43.7 Å². The molecule has 1 unspecified atom stereocenters. The molecule has 34 heavy (non-hydrogen) atoms. The van der Waals surface area contributed by atoms with E-state index in [-0.39, 0.29) is 17.2 Å². The Morgan fingerprint density at radius 3 is 2.74 bits per heavy atom. The fourth-order valence-corrected chi connectivity index (χ4v) is 3.76. The van der Waals surface area contributed by atoms with Gasteiger partial charge in [0, 0.05) is 29.4 Å². The largest absolute Gasteiger partial charge is 0.493 e. The first-order valence-electron chi connectivity index (χ1n) is 10.4. The third kappa shape index (κ3) is 6.44. The van der Waals surface area contributed by atoms with E-state index in [2.05, 4.69) is 15.6 Å². The number of hydrogen-bond acceptors (Lipinski definition) is 8. The fourth-order valence-electron chi connectivity index (χ4n) is 3.12. The van der Waals surface area contributed by atoms with Crippen LogP contribution in [0, 0.1) is 0 Å². The van der Waals surface area contributed by atoms with E-state index in [0.717, 1.165) is 16.1 Å². The summed E-state index contributed by atoms with van der Waals surface area (Å²) < 4.78 is 10.4. The lowest BCUT2D eigenvalue weighted by Crippen LogP contribution is -2.26. The number of primary amides is 1. The quantitative estimate of drug-likeness (QED) is 0.376. The Labute approximate surface area is 200 Å². The predicted molar refractivity (Wildman–Crippen MR) is 129 cm³/mol. The molecule has 9 nitrogen and oxygen atoms in total. The Morgan fingerprint density at radius 1 is 1.24 bits per heavy atom. The second-order valence-corrected chi connectivity index (χ2v) is 7.98. The van der Waals surface area contributed by atoms with Gasteiger partial charge in [0.25, 0.3) is 5.91 Å². The number of nitrogens with zero attached hydrogens (tertiary/aromatic N) is 1. The second kappa shape index (κ2) is 11.6. The minimum atomic E-state index is -1.02. The minimum absolute atomic E-state index is 0.0479. The molecule has 10 heteroatoms. The van der Waals surface area contributed by atoms with Gasteiger partial charge in [-0.25, -0.2) is 14.6 Å². The van der Waals surface area contributed by atoms with Crippen LogP contribution in [0.4, 0.5) is 10.5 Å². The van der Waals surface area contributed by atoms with E-state index in [1.54, 1.807) is 41.7 Å². The van der Waals surface area contributed by atoms with Crippen molar-refractivity contribution >= 4 is 35.0 Å². The first-order valence-corrected chi connectivity index (χ1v) is 11.3. The molecule has 0 aliphatic heterocycles. The average molecular weight is 481 g/mol. The molecule has 0 fully saturated rings. The van der Waals surface area contributed by atoms with Crippen LogP contribution in [-0.4, -0.2) is 35.6 Å². The number of thiazole rings is 1. The Morgan fingerprint density at radius 2 is 2.06 bits per heavy atom. The number of amides is 2. The van der Waals surface area contributed by atoms with Crippen molar-refractivity contribution in [3.05, 3.63) is 70.9 Å². The van der Waals surface area contributed by atoms with Crippen LogP contribution < -0.4 is 21.1 Å². The molecule has 1 atom stereocenters. The Balaban J connectivity index is 1.76. The monoisotopic (exact) mass is 480 g/mol. The first kappa shape index (κ1) is 24.5. The summed E-state index contributed by atoms with van der Waals surface area (Å²) in [5.41, 5.74) is 7.54. The van der Waals surface area contributed by atoms with E-state index < -0.39 is 12.2 Å². The van der Waals surface area contributed by atoms with Gasteiger partial charge in [-0.3, -0.25) is 4.79 Å². The summed E-state index contributed by atoms with van der Waals surface area (Å²) in [5, 5.41) is 8.52. The molecule has 4 N–H and O–H groups in total. The predicted octanol–water partition coefficient (Wildman–Crippen LogP) is 3.75. The van der Waals surface area contributed by atoms with Gasteiger partial charge in [-0.1, -0.05) is 18.2 Å². The number of aromatic nitrogens is 1. The number of carbonyl (C=O) groups excluding carboxylic acids is 3. The van der Waals surface area contributed by atoms with Crippen molar-refractivity contribution in [2.75, 3.05) is 11.9 Å². The standard InChI is InChI=1S/C24H24N4O5S/c1-3-32-21-8-7-18(28-20(14-29)15(2)33-24(25)31)12-19(21)22(30)27-13-16-5-4-6-17(11-16)23-26-9-10-34-23/h4-12,15,28H,3,13H2,1-2H3,(H2,25,31)(H,27,30). The number of carbonyl (C=O) groups is 2. The van der Waals surface area contributed by atoms with Crippen molar-refractivity contribution in [2.45, 2.75) is 26.5 Å². The molecule has 3 aromatic rings. The van der Waals surface area contributed by atoms with Crippen LogP contribution in [0.3, 0.4) is 0 Å². The number of anilines is 1. The van der Waals surface area contributed by atoms with Gasteiger partial charge < -0.3 is 25.8 Å². The van der Waals surface area contributed by atoms with Gasteiger partial charge in [0.05, 0.1) is 12.2 Å². The SMILES string of the molecule is CCOc1ccc(NC(=C=O)C(C)OC(N)=O)cc1C(=O)NCc1cccc(-c2nccs2)c1. The van der Waals surface area contributed by atoms with E-state index in [1.807, 2.05) is 36.6 Å². The zero-order chi connectivity index (χ0) is 24.5. The van der Waals surface area contributed by atoms with Gasteiger partial charge in [-0.2, -0.15) is 0 Å². The molecule has 176 valence electrons. The van der Waals surface area contributed by atoms with Crippen molar-refractivity contribution < 1.29 is 23.9 Å². The lowest BCUT2D eigenvalue weighted by Gasteiger charge is -2.16. The number of benzene rings is 2. The molecule has 0 aliphatic carbocycles. The summed E-state index contributed by atoms with van der Waals surface area (Å²) in [6.07, 6.45) is -0.215.